The van der Waals surface area contributed by atoms with Gasteiger partial charge in [0.2, 0.25) is 0 Å². The van der Waals surface area contributed by atoms with Crippen LogP contribution in [0.2, 0.25) is 0 Å². The summed E-state index contributed by atoms with van der Waals surface area (Å²) in [5.41, 5.74) is 1.67. The van der Waals surface area contributed by atoms with Gasteiger partial charge in [-0.3, -0.25) is 13.9 Å². The Labute approximate surface area is 194 Å². The van der Waals surface area contributed by atoms with Gasteiger partial charge in [-0.05, 0) is 32.4 Å². The molecule has 0 fully saturated rings. The van der Waals surface area contributed by atoms with E-state index in [0.717, 1.165) is 21.8 Å². The fraction of sp³-hybridized carbons (Fsp3) is 0.308. The molecule has 2 aromatic heterocycles. The third-order valence-electron chi connectivity index (χ3n) is 6.65. The first-order valence-electron chi connectivity index (χ1n) is 11.0. The molecule has 0 aliphatic carbocycles. The average molecular weight is 466 g/mol. The summed E-state index contributed by atoms with van der Waals surface area (Å²) in [4.78, 5) is 26.5. The number of fused-ring (bicyclic) bond motifs is 3. The minimum atomic E-state index is -1.01. The highest BCUT2D eigenvalue weighted by Crippen LogP contribution is 2.46. The van der Waals surface area contributed by atoms with E-state index in [4.69, 9.17) is 4.74 Å². The number of aryl methyl sites for hydroxylation is 2. The second-order valence-corrected chi connectivity index (χ2v) is 9.51. The summed E-state index contributed by atoms with van der Waals surface area (Å²) in [5, 5.41) is 0.337. The summed E-state index contributed by atoms with van der Waals surface area (Å²) in [7, 11) is 3.01. The molecule has 0 amide bonds. The van der Waals surface area contributed by atoms with E-state index in [-0.39, 0.29) is 12.2 Å². The molecule has 0 saturated heterocycles. The topological polar surface area (TPSA) is 58.2 Å². The van der Waals surface area contributed by atoms with E-state index in [1.807, 2.05) is 49.6 Å². The lowest BCUT2D eigenvalue weighted by Gasteiger charge is -2.39. The van der Waals surface area contributed by atoms with Crippen molar-refractivity contribution in [2.24, 2.45) is 14.1 Å². The van der Waals surface area contributed by atoms with Crippen LogP contribution in [0.4, 0.5) is 8.78 Å². The van der Waals surface area contributed by atoms with Gasteiger partial charge in [-0.2, -0.15) is 0 Å². The second kappa shape index (κ2) is 7.50. The normalized spacial score (nSPS) is 17.2. The molecule has 4 aromatic rings. The predicted molar refractivity (Wildman–Crippen MR) is 126 cm³/mol. The Morgan fingerprint density at radius 2 is 1.68 bits per heavy atom. The van der Waals surface area contributed by atoms with Crippen LogP contribution in [0.25, 0.3) is 22.2 Å². The smallest absolute Gasteiger partial charge is 0.331 e. The summed E-state index contributed by atoms with van der Waals surface area (Å²) in [6, 6.07) is 11.7. The van der Waals surface area contributed by atoms with Gasteiger partial charge in [0.15, 0.2) is 11.6 Å². The van der Waals surface area contributed by atoms with Gasteiger partial charge in [-0.25, -0.2) is 13.6 Å². The minimum absolute atomic E-state index is 0.0136. The molecule has 3 heterocycles. The van der Waals surface area contributed by atoms with Crippen LogP contribution in [-0.4, -0.2) is 20.3 Å². The fourth-order valence-corrected chi connectivity index (χ4v) is 4.94. The van der Waals surface area contributed by atoms with Crippen molar-refractivity contribution in [2.75, 3.05) is 6.61 Å². The van der Waals surface area contributed by atoms with E-state index in [1.54, 1.807) is 7.05 Å². The number of rotatable bonds is 2. The van der Waals surface area contributed by atoms with E-state index in [2.05, 4.69) is 0 Å². The number of hydrogen-bond donors (Lipinski definition) is 0. The molecule has 0 spiro atoms. The van der Waals surface area contributed by atoms with Gasteiger partial charge in [-0.15, -0.1) is 0 Å². The molecule has 34 heavy (non-hydrogen) atoms. The summed E-state index contributed by atoms with van der Waals surface area (Å²) in [5.74, 6) is -2.00. The molecule has 1 aliphatic heterocycles. The van der Waals surface area contributed by atoms with Crippen molar-refractivity contribution in [1.82, 2.24) is 13.7 Å². The van der Waals surface area contributed by atoms with Crippen molar-refractivity contribution in [2.45, 2.75) is 32.4 Å². The molecular formula is C26H25F2N3O3. The first-order valence-corrected chi connectivity index (χ1v) is 11.0. The van der Waals surface area contributed by atoms with E-state index in [1.165, 1.54) is 23.7 Å². The van der Waals surface area contributed by atoms with Crippen LogP contribution in [0.5, 0.6) is 0 Å². The third-order valence-corrected chi connectivity index (χ3v) is 6.65. The zero-order chi connectivity index (χ0) is 24.5. The second-order valence-electron chi connectivity index (χ2n) is 9.51. The number of halogens is 2. The third kappa shape index (κ3) is 3.01. The highest BCUT2D eigenvalue weighted by atomic mass is 19.2. The van der Waals surface area contributed by atoms with Crippen molar-refractivity contribution in [3.63, 3.8) is 0 Å². The highest BCUT2D eigenvalue weighted by Gasteiger charge is 2.41. The van der Waals surface area contributed by atoms with E-state index >= 15 is 0 Å². The average Bonchev–Trinajstić information content (AvgIpc) is 3.17. The molecule has 176 valence electrons. The molecule has 0 unspecified atom stereocenters. The lowest BCUT2D eigenvalue weighted by Crippen LogP contribution is -2.40. The number of ether oxygens (including phenoxy) is 1. The summed E-state index contributed by atoms with van der Waals surface area (Å²) >= 11 is 0. The Hall–Kier alpha value is -3.52. The van der Waals surface area contributed by atoms with Crippen molar-refractivity contribution < 1.29 is 13.5 Å². The maximum absolute atomic E-state index is 15.0. The van der Waals surface area contributed by atoms with Crippen molar-refractivity contribution >= 4 is 10.9 Å². The molecule has 8 heteroatoms. The van der Waals surface area contributed by atoms with Gasteiger partial charge < -0.3 is 9.30 Å². The van der Waals surface area contributed by atoms with Gasteiger partial charge in [-0.1, -0.05) is 42.0 Å². The Morgan fingerprint density at radius 3 is 2.35 bits per heavy atom. The fourth-order valence-electron chi connectivity index (χ4n) is 4.94. The Balaban J connectivity index is 2.02. The molecule has 6 nitrogen and oxygen atoms in total. The molecule has 0 bridgehead atoms. The Bertz CT molecular complexity index is 1580. The minimum Gasteiger partial charge on any atom is -0.365 e. The highest BCUT2D eigenvalue weighted by molar-refractivity contribution is 5.96. The lowest BCUT2D eigenvalue weighted by molar-refractivity contribution is -0.00881. The summed E-state index contributed by atoms with van der Waals surface area (Å²) in [6.45, 7) is 6.06. The van der Waals surface area contributed by atoms with Crippen LogP contribution in [0, 0.1) is 18.6 Å². The molecule has 0 radical (unpaired) electrons. The van der Waals surface area contributed by atoms with Crippen LogP contribution in [0.15, 0.2) is 52.1 Å². The Kier molecular flexibility index (Phi) is 4.91. The Morgan fingerprint density at radius 1 is 1.00 bits per heavy atom. The standard InChI is InChI=1S/C26H25F2N3O3/c1-14-9-11-15(12-10-14)20-18-21(29(4)25(33)30(5)24(18)32)22-23(34-13-26(2,3)31(20)22)16-7-6-8-17(27)19(16)28/h6-12,23H,13H2,1-5H3/t23-/m0/s1. The predicted octanol–water partition coefficient (Wildman–Crippen LogP) is 4.15. The van der Waals surface area contributed by atoms with Gasteiger partial charge in [0.1, 0.15) is 6.10 Å². The van der Waals surface area contributed by atoms with Gasteiger partial charge in [0.05, 0.1) is 34.4 Å². The van der Waals surface area contributed by atoms with Crippen molar-refractivity contribution in [3.8, 4) is 11.3 Å². The number of aromatic nitrogens is 3. The maximum Gasteiger partial charge on any atom is 0.331 e. The van der Waals surface area contributed by atoms with Crippen LogP contribution in [0.3, 0.4) is 0 Å². The number of nitrogens with zero attached hydrogens (tertiary/aromatic N) is 3. The van der Waals surface area contributed by atoms with E-state index in [0.29, 0.717) is 22.3 Å². The first kappa shape index (κ1) is 22.3. The largest absolute Gasteiger partial charge is 0.365 e. The lowest BCUT2D eigenvalue weighted by atomic mass is 9.97. The summed E-state index contributed by atoms with van der Waals surface area (Å²) < 4.78 is 39.7. The number of hydrogen-bond acceptors (Lipinski definition) is 3. The number of benzene rings is 2. The molecule has 1 aliphatic rings. The molecule has 1 atom stereocenters. The molecular weight excluding hydrogens is 440 g/mol. The first-order chi connectivity index (χ1) is 16.0. The quantitative estimate of drug-likeness (QED) is 0.447. The molecule has 0 N–H and O–H groups in total. The van der Waals surface area contributed by atoms with Gasteiger partial charge in [0.25, 0.3) is 5.56 Å². The molecule has 5 rings (SSSR count). The van der Waals surface area contributed by atoms with Crippen molar-refractivity contribution in [1.29, 1.82) is 0 Å². The van der Waals surface area contributed by atoms with Gasteiger partial charge >= 0.3 is 5.69 Å². The van der Waals surface area contributed by atoms with Crippen LogP contribution in [-0.2, 0) is 24.4 Å². The van der Waals surface area contributed by atoms with Crippen LogP contribution in [0.1, 0.15) is 36.8 Å². The summed E-state index contributed by atoms with van der Waals surface area (Å²) in [6.07, 6.45) is -1.01. The maximum atomic E-state index is 15.0. The molecule has 2 aromatic carbocycles. The van der Waals surface area contributed by atoms with Crippen LogP contribution < -0.4 is 11.2 Å². The monoisotopic (exact) mass is 465 g/mol. The SMILES string of the molecule is Cc1ccc(-c2c3c(=O)n(C)c(=O)n(C)c3c3n2C(C)(C)CO[C@H]3c2cccc(F)c2F)cc1. The van der Waals surface area contributed by atoms with Crippen molar-refractivity contribution in [3.05, 3.63) is 91.8 Å². The zero-order valence-corrected chi connectivity index (χ0v) is 19.6. The van der Waals surface area contributed by atoms with E-state index in [9.17, 15) is 18.4 Å². The van der Waals surface area contributed by atoms with Crippen LogP contribution >= 0.6 is 0 Å². The molecule has 0 saturated carbocycles. The van der Waals surface area contributed by atoms with Gasteiger partial charge in [0, 0.05) is 19.7 Å². The zero-order valence-electron chi connectivity index (χ0n) is 19.6. The van der Waals surface area contributed by atoms with E-state index < -0.39 is 34.5 Å².